The van der Waals surface area contributed by atoms with Crippen molar-refractivity contribution in [2.24, 2.45) is 11.3 Å². The van der Waals surface area contributed by atoms with Gasteiger partial charge in [0.15, 0.2) is 0 Å². The van der Waals surface area contributed by atoms with E-state index in [1.165, 1.54) is 0 Å². The third-order valence-corrected chi connectivity index (χ3v) is 6.67. The minimum Gasteiger partial charge on any atom is -0.475 e. The zero-order chi connectivity index (χ0) is 31.7. The summed E-state index contributed by atoms with van der Waals surface area (Å²) in [6, 6.07) is 12.1. The zero-order valence-electron chi connectivity index (χ0n) is 22.8. The molecule has 16 heteroatoms. The van der Waals surface area contributed by atoms with E-state index in [0.717, 1.165) is 57.1 Å². The molecule has 2 fully saturated rings. The first kappa shape index (κ1) is 34.3. The predicted octanol–water partition coefficient (Wildman–Crippen LogP) is 3.55. The number of carbonyl (C=O) groups is 3. The first-order valence-electron chi connectivity index (χ1n) is 12.6. The number of amides is 1. The monoisotopic (exact) mass is 607 g/mol. The number of hydrogen-bond acceptors (Lipinski definition) is 7. The van der Waals surface area contributed by atoms with Crippen LogP contribution >= 0.6 is 0 Å². The topological polar surface area (TPSA) is 127 Å². The lowest BCUT2D eigenvalue weighted by Gasteiger charge is -2.34. The molecule has 0 bridgehead atoms. The van der Waals surface area contributed by atoms with Crippen molar-refractivity contribution in [3.05, 3.63) is 54.5 Å². The Bertz CT molecular complexity index is 1160. The molecule has 4 heterocycles. The van der Waals surface area contributed by atoms with Gasteiger partial charge in [-0.1, -0.05) is 12.1 Å². The Morgan fingerprint density at radius 2 is 1.48 bits per heavy atom. The standard InChI is InChI=1S/C22H29N5O.2C2HF3O2/c1-25(2)21(28)22-10-7-13-26(16-19-8-3-5-11-23-19)14-18(22)15-27(17-22)20-9-4-6-12-24-20;2*3-2(4,5)1(6)7/h3-6,8-9,11-12,18H,7,10,13-17H2,1-2H3;2*(H,6,7)/t18-,22-;;/m0../s1. The maximum Gasteiger partial charge on any atom is 0.490 e. The van der Waals surface area contributed by atoms with Crippen molar-refractivity contribution in [3.8, 4) is 0 Å². The number of carbonyl (C=O) groups excluding carboxylic acids is 1. The number of fused-ring (bicyclic) bond motifs is 1. The number of aliphatic carboxylic acids is 2. The molecule has 2 atom stereocenters. The first-order valence-corrected chi connectivity index (χ1v) is 12.6. The highest BCUT2D eigenvalue weighted by molar-refractivity contribution is 5.84. The van der Waals surface area contributed by atoms with Gasteiger partial charge in [0.05, 0.1) is 11.1 Å². The highest BCUT2D eigenvalue weighted by Crippen LogP contribution is 2.45. The van der Waals surface area contributed by atoms with Crippen molar-refractivity contribution in [2.45, 2.75) is 31.7 Å². The van der Waals surface area contributed by atoms with E-state index in [9.17, 15) is 31.1 Å². The number of hydrogen-bond donors (Lipinski definition) is 2. The maximum atomic E-state index is 13.3. The minimum atomic E-state index is -5.08. The van der Waals surface area contributed by atoms with E-state index in [2.05, 4.69) is 25.8 Å². The lowest BCUT2D eigenvalue weighted by atomic mass is 9.74. The molecule has 2 saturated heterocycles. The van der Waals surface area contributed by atoms with Gasteiger partial charge in [-0.15, -0.1) is 0 Å². The maximum absolute atomic E-state index is 13.3. The van der Waals surface area contributed by atoms with Crippen LogP contribution in [-0.4, -0.2) is 100 Å². The van der Waals surface area contributed by atoms with E-state index in [1.54, 1.807) is 4.90 Å². The molecule has 232 valence electrons. The quantitative estimate of drug-likeness (QED) is 0.502. The van der Waals surface area contributed by atoms with Gasteiger partial charge in [0.1, 0.15) is 5.82 Å². The molecule has 0 radical (unpaired) electrons. The molecule has 4 rings (SSSR count). The third-order valence-electron chi connectivity index (χ3n) is 6.67. The van der Waals surface area contributed by atoms with Gasteiger partial charge in [0.2, 0.25) is 5.91 Å². The van der Waals surface area contributed by atoms with Crippen LogP contribution in [0.25, 0.3) is 0 Å². The van der Waals surface area contributed by atoms with Gasteiger partial charge >= 0.3 is 24.3 Å². The number of halogens is 6. The molecule has 2 aliphatic heterocycles. The minimum absolute atomic E-state index is 0.260. The summed E-state index contributed by atoms with van der Waals surface area (Å²) in [4.78, 5) is 46.7. The van der Waals surface area contributed by atoms with Crippen molar-refractivity contribution >= 4 is 23.7 Å². The summed E-state index contributed by atoms with van der Waals surface area (Å²) in [6.45, 7) is 4.39. The summed E-state index contributed by atoms with van der Waals surface area (Å²) < 4.78 is 63.5. The number of carboxylic acid groups (broad SMARTS) is 2. The Kier molecular flexibility index (Phi) is 11.7. The van der Waals surface area contributed by atoms with E-state index in [-0.39, 0.29) is 17.2 Å². The van der Waals surface area contributed by atoms with Crippen molar-refractivity contribution in [2.75, 3.05) is 45.2 Å². The molecule has 2 aromatic rings. The van der Waals surface area contributed by atoms with Crippen molar-refractivity contribution < 1.29 is 50.9 Å². The summed E-state index contributed by atoms with van der Waals surface area (Å²) in [7, 11) is 3.77. The van der Waals surface area contributed by atoms with Crippen LogP contribution in [0.5, 0.6) is 0 Å². The summed E-state index contributed by atoms with van der Waals surface area (Å²) in [5.74, 6) is -4.00. The average molecular weight is 608 g/mol. The molecule has 0 saturated carbocycles. The van der Waals surface area contributed by atoms with Gasteiger partial charge in [0, 0.05) is 58.6 Å². The van der Waals surface area contributed by atoms with E-state index < -0.39 is 24.3 Å². The Balaban J connectivity index is 0.000000367. The smallest absolute Gasteiger partial charge is 0.475 e. The van der Waals surface area contributed by atoms with Crippen LogP contribution < -0.4 is 4.90 Å². The second-order valence-electron chi connectivity index (χ2n) is 9.89. The van der Waals surface area contributed by atoms with E-state index in [1.807, 2.05) is 56.8 Å². The predicted molar refractivity (Wildman–Crippen MR) is 137 cm³/mol. The van der Waals surface area contributed by atoms with Gasteiger partial charge in [-0.05, 0) is 43.7 Å². The van der Waals surface area contributed by atoms with Crippen molar-refractivity contribution in [1.29, 1.82) is 0 Å². The normalized spacial score (nSPS) is 20.6. The van der Waals surface area contributed by atoms with Crippen molar-refractivity contribution in [1.82, 2.24) is 19.8 Å². The fourth-order valence-corrected chi connectivity index (χ4v) is 4.89. The van der Waals surface area contributed by atoms with Crippen LogP contribution in [0.15, 0.2) is 48.8 Å². The first-order chi connectivity index (χ1) is 19.5. The molecule has 0 unspecified atom stereocenters. The van der Waals surface area contributed by atoms with Gasteiger partial charge in [0.25, 0.3) is 0 Å². The molecule has 2 aromatic heterocycles. The second kappa shape index (κ2) is 14.3. The molecule has 0 aliphatic carbocycles. The molecule has 2 N–H and O–H groups in total. The molecule has 0 aromatic carbocycles. The molecule has 0 spiro atoms. The fraction of sp³-hybridized carbons (Fsp3) is 0.500. The Morgan fingerprint density at radius 3 is 1.93 bits per heavy atom. The number of rotatable bonds is 4. The Labute approximate surface area is 237 Å². The number of likely N-dealkylation sites (tertiary alicyclic amines) is 1. The van der Waals surface area contributed by atoms with Gasteiger partial charge < -0.3 is 20.0 Å². The van der Waals surface area contributed by atoms with Gasteiger partial charge in [-0.2, -0.15) is 26.3 Å². The number of carboxylic acids is 2. The number of aromatic nitrogens is 2. The summed E-state index contributed by atoms with van der Waals surface area (Å²) in [5, 5.41) is 14.2. The van der Waals surface area contributed by atoms with Crippen LogP contribution in [0.3, 0.4) is 0 Å². The lowest BCUT2D eigenvalue weighted by molar-refractivity contribution is -0.193. The van der Waals surface area contributed by atoms with Crippen LogP contribution in [-0.2, 0) is 20.9 Å². The molecule has 2 aliphatic rings. The number of pyridine rings is 2. The third kappa shape index (κ3) is 9.56. The number of alkyl halides is 6. The highest BCUT2D eigenvalue weighted by atomic mass is 19.4. The van der Waals surface area contributed by atoms with E-state index in [4.69, 9.17) is 19.8 Å². The SMILES string of the molecule is CN(C)C(=O)[C@]12CCCN(Cc3ccccn3)C[C@H]1CN(c1ccccn1)C2.O=C(O)C(F)(F)F.O=C(O)C(F)(F)F. The molecule has 42 heavy (non-hydrogen) atoms. The van der Waals surface area contributed by atoms with E-state index in [0.29, 0.717) is 0 Å². The molecular formula is C26H31F6N5O5. The van der Waals surface area contributed by atoms with Crippen LogP contribution in [0.2, 0.25) is 0 Å². The van der Waals surface area contributed by atoms with E-state index >= 15 is 0 Å². The second-order valence-corrected chi connectivity index (χ2v) is 9.89. The summed E-state index contributed by atoms with van der Waals surface area (Å²) >= 11 is 0. The largest absolute Gasteiger partial charge is 0.490 e. The highest BCUT2D eigenvalue weighted by Gasteiger charge is 2.53. The average Bonchev–Trinajstić information content (AvgIpc) is 3.19. The molecular weight excluding hydrogens is 576 g/mol. The van der Waals surface area contributed by atoms with Gasteiger partial charge in [-0.25, -0.2) is 14.6 Å². The Morgan fingerprint density at radius 1 is 0.929 bits per heavy atom. The van der Waals surface area contributed by atoms with Crippen molar-refractivity contribution in [3.63, 3.8) is 0 Å². The zero-order valence-corrected chi connectivity index (χ0v) is 22.8. The lowest BCUT2D eigenvalue weighted by Crippen LogP contribution is -2.47. The van der Waals surface area contributed by atoms with Crippen LogP contribution in [0.4, 0.5) is 32.2 Å². The summed E-state index contributed by atoms with van der Waals surface area (Å²) in [5.41, 5.74) is 0.758. The fourth-order valence-electron chi connectivity index (χ4n) is 4.89. The number of anilines is 1. The molecule has 1 amide bonds. The van der Waals surface area contributed by atoms with Crippen LogP contribution in [0, 0.1) is 11.3 Å². The number of nitrogens with zero attached hydrogens (tertiary/aromatic N) is 5. The Hall–Kier alpha value is -3.95. The summed E-state index contributed by atoms with van der Waals surface area (Å²) in [6.07, 6.45) is -4.53. The van der Waals surface area contributed by atoms with Gasteiger partial charge in [-0.3, -0.25) is 14.7 Å². The molecule has 10 nitrogen and oxygen atoms in total. The van der Waals surface area contributed by atoms with Crippen LogP contribution in [0.1, 0.15) is 18.5 Å².